The highest BCUT2D eigenvalue weighted by Gasteiger charge is 2.09. The van der Waals surface area contributed by atoms with E-state index in [9.17, 15) is 0 Å². The molecule has 126 valence electrons. The van der Waals surface area contributed by atoms with Crippen LogP contribution in [-0.2, 0) is 0 Å². The number of unbranched alkanes of at least 4 members (excludes halogenated alkanes) is 13. The van der Waals surface area contributed by atoms with Gasteiger partial charge in [0, 0.05) is 0 Å². The molecule has 0 atom stereocenters. The Hall–Kier alpha value is -0.380. The first-order valence-corrected chi connectivity index (χ1v) is 9.04. The predicted octanol–water partition coefficient (Wildman–Crippen LogP) is 4.55. The van der Waals surface area contributed by atoms with Crippen molar-refractivity contribution < 1.29 is 0 Å². The van der Waals surface area contributed by atoms with E-state index in [1.165, 1.54) is 83.5 Å². The van der Waals surface area contributed by atoms with Gasteiger partial charge in [-0.05, 0) is 25.7 Å². The molecule has 0 aromatic heterocycles. The van der Waals surface area contributed by atoms with Crippen LogP contribution in [-0.4, -0.2) is 5.79 Å². The van der Waals surface area contributed by atoms with Gasteiger partial charge < -0.3 is 17.2 Å². The molecule has 3 heteroatoms. The van der Waals surface area contributed by atoms with Gasteiger partial charge in [-0.1, -0.05) is 76.7 Å². The zero-order valence-corrected chi connectivity index (χ0v) is 14.1. The van der Waals surface area contributed by atoms with E-state index < -0.39 is 5.79 Å². The first kappa shape index (κ1) is 20.6. The third-order valence-corrected chi connectivity index (χ3v) is 4.02. The van der Waals surface area contributed by atoms with Crippen molar-refractivity contribution >= 4 is 0 Å². The zero-order chi connectivity index (χ0) is 15.8. The average Bonchev–Trinajstić information content (AvgIpc) is 2.42. The van der Waals surface area contributed by atoms with Crippen LogP contribution in [0, 0.1) is 0 Å². The lowest BCUT2D eigenvalue weighted by Gasteiger charge is -2.17. The van der Waals surface area contributed by atoms with Gasteiger partial charge in [0.2, 0.25) is 0 Å². The maximum absolute atomic E-state index is 5.54. The van der Waals surface area contributed by atoms with Crippen LogP contribution in [0.25, 0.3) is 0 Å². The summed E-state index contributed by atoms with van der Waals surface area (Å²) in [5.74, 6) is -0.967. The van der Waals surface area contributed by atoms with Crippen LogP contribution in [0.4, 0.5) is 0 Å². The highest BCUT2D eigenvalue weighted by molar-refractivity contribution is 4.67. The summed E-state index contributed by atoms with van der Waals surface area (Å²) in [4.78, 5) is 0. The van der Waals surface area contributed by atoms with Crippen molar-refractivity contribution in [3.63, 3.8) is 0 Å². The Bertz CT molecular complexity index is 221. The van der Waals surface area contributed by atoms with Crippen molar-refractivity contribution in [3.05, 3.63) is 12.7 Å². The highest BCUT2D eigenvalue weighted by atomic mass is 15.1. The molecular weight excluding hydrogens is 258 g/mol. The Morgan fingerprint density at radius 2 is 0.905 bits per heavy atom. The van der Waals surface area contributed by atoms with E-state index in [0.717, 1.165) is 12.8 Å². The van der Waals surface area contributed by atoms with Gasteiger partial charge in [0.25, 0.3) is 0 Å². The van der Waals surface area contributed by atoms with E-state index in [1.54, 1.807) is 0 Å². The standard InChI is InChI=1S/C18H39N3/c1-2-3-4-5-6-7-8-9-10-11-12-13-14-15-16-17-18(19,20)21/h2H,1,3-17,19-21H2. The second-order valence-electron chi connectivity index (χ2n) is 6.54. The van der Waals surface area contributed by atoms with E-state index >= 15 is 0 Å². The van der Waals surface area contributed by atoms with Crippen LogP contribution in [0.15, 0.2) is 12.7 Å². The maximum atomic E-state index is 5.54. The molecule has 0 unspecified atom stereocenters. The third-order valence-electron chi connectivity index (χ3n) is 4.02. The fourth-order valence-corrected chi connectivity index (χ4v) is 2.66. The van der Waals surface area contributed by atoms with Gasteiger partial charge in [-0.15, -0.1) is 6.58 Å². The molecular formula is C18H39N3. The minimum absolute atomic E-state index is 0.722. The van der Waals surface area contributed by atoms with Crippen LogP contribution in [0.5, 0.6) is 0 Å². The molecule has 0 saturated heterocycles. The molecule has 0 aliphatic heterocycles. The van der Waals surface area contributed by atoms with E-state index in [0.29, 0.717) is 0 Å². The molecule has 6 N–H and O–H groups in total. The highest BCUT2D eigenvalue weighted by Crippen LogP contribution is 2.13. The number of hydrogen-bond donors (Lipinski definition) is 3. The molecule has 0 radical (unpaired) electrons. The summed E-state index contributed by atoms with van der Waals surface area (Å²) in [5.41, 5.74) is 16.6. The van der Waals surface area contributed by atoms with E-state index in [1.807, 2.05) is 6.08 Å². The average molecular weight is 298 g/mol. The molecule has 0 aromatic rings. The Kier molecular flexibility index (Phi) is 14.3. The van der Waals surface area contributed by atoms with Gasteiger partial charge in [-0.25, -0.2) is 0 Å². The fraction of sp³-hybridized carbons (Fsp3) is 0.889. The van der Waals surface area contributed by atoms with Gasteiger partial charge in [0.05, 0.1) is 0 Å². The minimum atomic E-state index is -0.967. The molecule has 0 bridgehead atoms. The predicted molar refractivity (Wildman–Crippen MR) is 94.7 cm³/mol. The van der Waals surface area contributed by atoms with Gasteiger partial charge >= 0.3 is 0 Å². The smallest absolute Gasteiger partial charge is 0.115 e. The number of allylic oxidation sites excluding steroid dienone is 1. The molecule has 0 heterocycles. The molecule has 0 amide bonds. The van der Waals surface area contributed by atoms with Crippen molar-refractivity contribution in [2.75, 3.05) is 0 Å². The van der Waals surface area contributed by atoms with E-state index in [-0.39, 0.29) is 0 Å². The molecule has 0 saturated carbocycles. The Morgan fingerprint density at radius 1 is 0.571 bits per heavy atom. The van der Waals surface area contributed by atoms with Crippen LogP contribution in [0.1, 0.15) is 96.3 Å². The maximum Gasteiger partial charge on any atom is 0.115 e. The van der Waals surface area contributed by atoms with Gasteiger partial charge in [-0.3, -0.25) is 0 Å². The van der Waals surface area contributed by atoms with Crippen LogP contribution >= 0.6 is 0 Å². The van der Waals surface area contributed by atoms with Crippen molar-refractivity contribution in [1.82, 2.24) is 0 Å². The van der Waals surface area contributed by atoms with Crippen molar-refractivity contribution in [3.8, 4) is 0 Å². The van der Waals surface area contributed by atoms with Crippen molar-refractivity contribution in [2.45, 2.75) is 102 Å². The first-order valence-electron chi connectivity index (χ1n) is 9.04. The number of hydrogen-bond acceptors (Lipinski definition) is 3. The van der Waals surface area contributed by atoms with E-state index in [2.05, 4.69) is 6.58 Å². The quantitative estimate of drug-likeness (QED) is 0.222. The third kappa shape index (κ3) is 19.6. The second kappa shape index (κ2) is 14.6. The Balaban J connectivity index is 3.01. The zero-order valence-electron chi connectivity index (χ0n) is 14.1. The summed E-state index contributed by atoms with van der Waals surface area (Å²) in [6, 6.07) is 0. The summed E-state index contributed by atoms with van der Waals surface area (Å²) in [5, 5.41) is 0. The summed E-state index contributed by atoms with van der Waals surface area (Å²) in [6.07, 6.45) is 21.3. The lowest BCUT2D eigenvalue weighted by Crippen LogP contribution is -2.57. The molecule has 0 spiro atoms. The molecule has 0 aliphatic rings. The number of nitrogens with two attached hydrogens (primary N) is 3. The molecule has 3 nitrogen and oxygen atoms in total. The Morgan fingerprint density at radius 3 is 1.24 bits per heavy atom. The SMILES string of the molecule is C=CCCCCCCCCCCCCCCCC(N)(N)N. The van der Waals surface area contributed by atoms with Crippen molar-refractivity contribution in [2.24, 2.45) is 17.2 Å². The molecule has 0 fully saturated rings. The topological polar surface area (TPSA) is 78.1 Å². The molecule has 0 aliphatic carbocycles. The summed E-state index contributed by atoms with van der Waals surface area (Å²) < 4.78 is 0. The van der Waals surface area contributed by atoms with Crippen LogP contribution < -0.4 is 17.2 Å². The second-order valence-corrected chi connectivity index (χ2v) is 6.54. The minimum Gasteiger partial charge on any atom is -0.301 e. The summed E-state index contributed by atoms with van der Waals surface area (Å²) >= 11 is 0. The summed E-state index contributed by atoms with van der Waals surface area (Å²) in [7, 11) is 0. The lowest BCUT2D eigenvalue weighted by molar-refractivity contribution is 0.399. The normalized spacial score (nSPS) is 11.8. The van der Waals surface area contributed by atoms with Gasteiger partial charge in [0.1, 0.15) is 5.79 Å². The molecule has 0 rings (SSSR count). The van der Waals surface area contributed by atoms with Gasteiger partial charge in [-0.2, -0.15) is 0 Å². The van der Waals surface area contributed by atoms with Gasteiger partial charge in [0.15, 0.2) is 0 Å². The fourth-order valence-electron chi connectivity index (χ4n) is 2.66. The molecule has 21 heavy (non-hydrogen) atoms. The van der Waals surface area contributed by atoms with Crippen LogP contribution in [0.3, 0.4) is 0 Å². The lowest BCUT2D eigenvalue weighted by atomic mass is 10.0. The molecule has 0 aromatic carbocycles. The largest absolute Gasteiger partial charge is 0.301 e. The first-order chi connectivity index (χ1) is 10.1. The summed E-state index contributed by atoms with van der Waals surface area (Å²) in [6.45, 7) is 3.75. The van der Waals surface area contributed by atoms with Crippen LogP contribution in [0.2, 0.25) is 0 Å². The van der Waals surface area contributed by atoms with Crippen molar-refractivity contribution in [1.29, 1.82) is 0 Å². The van der Waals surface area contributed by atoms with E-state index in [4.69, 9.17) is 17.2 Å². The number of rotatable bonds is 16. The monoisotopic (exact) mass is 297 g/mol. The Labute approximate surface area is 132 Å².